The molecule has 0 aliphatic heterocycles. The number of nitrogens with zero attached hydrogens (tertiary/aromatic N) is 2. The topological polar surface area (TPSA) is 39.1 Å². The molecule has 1 aromatic heterocycles. The van der Waals surface area contributed by atoms with Crippen LogP contribution in [0.15, 0.2) is 24.5 Å². The summed E-state index contributed by atoms with van der Waals surface area (Å²) >= 11 is 0. The molecule has 2 rings (SSSR count). The summed E-state index contributed by atoms with van der Waals surface area (Å²) in [4.78, 5) is 0. The Labute approximate surface area is 116 Å². The van der Waals surface area contributed by atoms with Gasteiger partial charge in [-0.3, -0.25) is 4.68 Å². The van der Waals surface area contributed by atoms with Crippen molar-refractivity contribution < 1.29 is 13.5 Å². The summed E-state index contributed by atoms with van der Waals surface area (Å²) in [6.45, 7) is 4.29. The molecule has 4 nitrogen and oxygen atoms in total. The highest BCUT2D eigenvalue weighted by atomic mass is 19.1. The van der Waals surface area contributed by atoms with Crippen LogP contribution in [0.2, 0.25) is 0 Å². The van der Waals surface area contributed by atoms with Crippen LogP contribution in [-0.4, -0.2) is 16.8 Å². The second-order valence-corrected chi connectivity index (χ2v) is 4.77. The molecule has 0 radical (unpaired) electrons. The zero-order valence-corrected chi connectivity index (χ0v) is 11.7. The summed E-state index contributed by atoms with van der Waals surface area (Å²) in [7, 11) is 1.71. The third-order valence-corrected chi connectivity index (χ3v) is 2.77. The molecule has 0 aliphatic rings. The first-order valence-corrected chi connectivity index (χ1v) is 6.35. The van der Waals surface area contributed by atoms with Crippen LogP contribution in [0, 0.1) is 11.6 Å². The maximum atomic E-state index is 13.9. The Kier molecular flexibility index (Phi) is 4.34. The number of hydrogen-bond donors (Lipinski definition) is 1. The minimum Gasteiger partial charge on any atom is -0.448 e. The summed E-state index contributed by atoms with van der Waals surface area (Å²) in [6, 6.07) is 2.66. The Morgan fingerprint density at radius 1 is 1.30 bits per heavy atom. The SMILES string of the molecule is CNCc1cc(F)c(Oc2cnn(C(C)C)c2)c(F)c1. The molecule has 20 heavy (non-hydrogen) atoms. The summed E-state index contributed by atoms with van der Waals surface area (Å²) < 4.78 is 34.6. The Morgan fingerprint density at radius 2 is 1.95 bits per heavy atom. The van der Waals surface area contributed by atoms with Crippen molar-refractivity contribution in [2.45, 2.75) is 26.4 Å². The van der Waals surface area contributed by atoms with Crippen molar-refractivity contribution >= 4 is 0 Å². The predicted molar refractivity (Wildman–Crippen MR) is 71.8 cm³/mol. The van der Waals surface area contributed by atoms with Gasteiger partial charge in [0, 0.05) is 12.6 Å². The van der Waals surface area contributed by atoms with Crippen LogP contribution in [0.1, 0.15) is 25.5 Å². The van der Waals surface area contributed by atoms with E-state index in [0.29, 0.717) is 17.9 Å². The fourth-order valence-electron chi connectivity index (χ4n) is 1.79. The Balaban J connectivity index is 2.24. The number of benzene rings is 1. The maximum absolute atomic E-state index is 13.9. The number of halogens is 2. The van der Waals surface area contributed by atoms with Crippen molar-refractivity contribution in [1.82, 2.24) is 15.1 Å². The van der Waals surface area contributed by atoms with Crippen molar-refractivity contribution in [1.29, 1.82) is 0 Å². The second-order valence-electron chi connectivity index (χ2n) is 4.77. The number of nitrogens with one attached hydrogen (secondary N) is 1. The van der Waals surface area contributed by atoms with Crippen LogP contribution in [-0.2, 0) is 6.54 Å². The van der Waals surface area contributed by atoms with Crippen LogP contribution in [0.4, 0.5) is 8.78 Å². The average molecular weight is 281 g/mol. The molecule has 1 N–H and O–H groups in total. The molecule has 0 unspecified atom stereocenters. The average Bonchev–Trinajstić information content (AvgIpc) is 2.83. The molecule has 0 saturated carbocycles. The highest BCUT2D eigenvalue weighted by Crippen LogP contribution is 2.28. The van der Waals surface area contributed by atoms with Gasteiger partial charge >= 0.3 is 0 Å². The lowest BCUT2D eigenvalue weighted by Gasteiger charge is -2.08. The van der Waals surface area contributed by atoms with Gasteiger partial charge in [0.1, 0.15) is 0 Å². The van der Waals surface area contributed by atoms with Gasteiger partial charge in [0.2, 0.25) is 0 Å². The Morgan fingerprint density at radius 3 is 2.45 bits per heavy atom. The van der Waals surface area contributed by atoms with E-state index in [1.165, 1.54) is 18.3 Å². The Bertz CT molecular complexity index is 573. The van der Waals surface area contributed by atoms with E-state index in [0.717, 1.165) is 0 Å². The van der Waals surface area contributed by atoms with Crippen LogP contribution in [0.25, 0.3) is 0 Å². The summed E-state index contributed by atoms with van der Waals surface area (Å²) in [5.74, 6) is -1.56. The number of ether oxygens (including phenoxy) is 1. The van der Waals surface area contributed by atoms with E-state index >= 15 is 0 Å². The molecule has 2 aromatic rings. The van der Waals surface area contributed by atoms with Gasteiger partial charge in [-0.05, 0) is 38.6 Å². The highest BCUT2D eigenvalue weighted by molar-refractivity contribution is 5.34. The quantitative estimate of drug-likeness (QED) is 0.914. The lowest BCUT2D eigenvalue weighted by Crippen LogP contribution is -2.06. The van der Waals surface area contributed by atoms with Crippen molar-refractivity contribution in [2.24, 2.45) is 0 Å². The van der Waals surface area contributed by atoms with Gasteiger partial charge in [-0.2, -0.15) is 5.10 Å². The fraction of sp³-hybridized carbons (Fsp3) is 0.357. The third kappa shape index (κ3) is 3.14. The number of hydrogen-bond acceptors (Lipinski definition) is 3. The molecule has 1 aromatic carbocycles. The largest absolute Gasteiger partial charge is 0.448 e. The van der Waals surface area contributed by atoms with Gasteiger partial charge in [-0.15, -0.1) is 0 Å². The molecular weight excluding hydrogens is 264 g/mol. The van der Waals surface area contributed by atoms with Gasteiger partial charge in [-0.25, -0.2) is 8.78 Å². The molecule has 108 valence electrons. The summed E-state index contributed by atoms with van der Waals surface area (Å²) in [6.07, 6.45) is 3.03. The molecule has 0 aliphatic carbocycles. The van der Waals surface area contributed by atoms with Crippen LogP contribution in [0.3, 0.4) is 0 Å². The molecule has 0 fully saturated rings. The first-order valence-electron chi connectivity index (χ1n) is 6.35. The molecule has 1 heterocycles. The van der Waals surface area contributed by atoms with Crippen molar-refractivity contribution in [3.8, 4) is 11.5 Å². The van der Waals surface area contributed by atoms with Crippen molar-refractivity contribution in [3.05, 3.63) is 41.7 Å². The molecular formula is C14H17F2N3O. The summed E-state index contributed by atoms with van der Waals surface area (Å²) in [5, 5.41) is 6.89. The van der Waals surface area contributed by atoms with E-state index in [1.807, 2.05) is 13.8 Å². The molecule has 0 saturated heterocycles. The maximum Gasteiger partial charge on any atom is 0.198 e. The van der Waals surface area contributed by atoms with E-state index in [9.17, 15) is 8.78 Å². The van der Waals surface area contributed by atoms with E-state index in [1.54, 1.807) is 17.9 Å². The van der Waals surface area contributed by atoms with Crippen LogP contribution >= 0.6 is 0 Å². The van der Waals surface area contributed by atoms with E-state index < -0.39 is 17.4 Å². The normalized spacial score (nSPS) is 11.1. The summed E-state index contributed by atoms with van der Waals surface area (Å²) in [5.41, 5.74) is 0.521. The monoisotopic (exact) mass is 281 g/mol. The smallest absolute Gasteiger partial charge is 0.198 e. The first kappa shape index (κ1) is 14.5. The van der Waals surface area contributed by atoms with Gasteiger partial charge < -0.3 is 10.1 Å². The zero-order chi connectivity index (χ0) is 14.7. The first-order chi connectivity index (χ1) is 9.51. The molecule has 0 bridgehead atoms. The molecule has 0 amide bonds. The minimum atomic E-state index is -0.729. The van der Waals surface area contributed by atoms with Crippen LogP contribution in [0.5, 0.6) is 11.5 Å². The number of aromatic nitrogens is 2. The molecule has 0 spiro atoms. The lowest BCUT2D eigenvalue weighted by molar-refractivity contribution is 0.405. The van der Waals surface area contributed by atoms with Gasteiger partial charge in [0.25, 0.3) is 0 Å². The van der Waals surface area contributed by atoms with Crippen molar-refractivity contribution in [3.63, 3.8) is 0 Å². The van der Waals surface area contributed by atoms with Crippen molar-refractivity contribution in [2.75, 3.05) is 7.05 Å². The zero-order valence-electron chi connectivity index (χ0n) is 11.7. The van der Waals surface area contributed by atoms with E-state index in [2.05, 4.69) is 10.4 Å². The molecule has 0 atom stereocenters. The lowest BCUT2D eigenvalue weighted by atomic mass is 10.2. The molecule has 6 heteroatoms. The minimum absolute atomic E-state index is 0.153. The van der Waals surface area contributed by atoms with Gasteiger partial charge in [-0.1, -0.05) is 0 Å². The van der Waals surface area contributed by atoms with E-state index in [4.69, 9.17) is 4.74 Å². The van der Waals surface area contributed by atoms with E-state index in [-0.39, 0.29) is 6.04 Å². The van der Waals surface area contributed by atoms with Gasteiger partial charge in [0.05, 0.1) is 12.4 Å². The third-order valence-electron chi connectivity index (χ3n) is 2.77. The predicted octanol–water partition coefficient (Wildman–Crippen LogP) is 3.25. The van der Waals surface area contributed by atoms with Crippen LogP contribution < -0.4 is 10.1 Å². The number of rotatable bonds is 5. The fourth-order valence-corrected chi connectivity index (χ4v) is 1.79. The Hall–Kier alpha value is -1.95. The standard InChI is InChI=1S/C14H17F2N3O/c1-9(2)19-8-11(7-18-19)20-14-12(15)4-10(6-17-3)5-13(14)16/h4-5,7-9,17H,6H2,1-3H3. The second kappa shape index (κ2) is 6.00. The highest BCUT2D eigenvalue weighted by Gasteiger charge is 2.14. The van der Waals surface area contributed by atoms with Gasteiger partial charge in [0.15, 0.2) is 23.1 Å².